The van der Waals surface area contributed by atoms with Crippen LogP contribution in [0.5, 0.6) is 0 Å². The molecule has 1 rings (SSSR count). The molecule has 0 amide bonds. The van der Waals surface area contributed by atoms with Crippen molar-refractivity contribution in [2.45, 2.75) is 264 Å². The monoisotopic (exact) mass is 794 g/mol. The summed E-state index contributed by atoms with van der Waals surface area (Å²) in [7, 11) is 0. The number of carbonyl (C=O) groups is 3. The molecule has 0 aliphatic carbocycles. The Morgan fingerprint density at radius 1 is 0.518 bits per heavy atom. The molecule has 1 heterocycles. The van der Waals surface area contributed by atoms with Gasteiger partial charge in [0.25, 0.3) is 0 Å². The number of carbonyl (C=O) groups excluding carboxylic acids is 3. The number of likely N-dealkylation sites (tertiary alicyclic amines) is 1. The minimum absolute atomic E-state index is 0.0236. The molecule has 1 unspecified atom stereocenters. The van der Waals surface area contributed by atoms with Crippen molar-refractivity contribution >= 4 is 17.9 Å². The molecule has 1 N–H and O–H groups in total. The number of rotatable bonds is 41. The third-order valence-electron chi connectivity index (χ3n) is 11.6. The summed E-state index contributed by atoms with van der Waals surface area (Å²) < 4.78 is 17.1. The van der Waals surface area contributed by atoms with Crippen LogP contribution in [0.1, 0.15) is 245 Å². The predicted molar refractivity (Wildman–Crippen MR) is 232 cm³/mol. The van der Waals surface area contributed by atoms with Gasteiger partial charge in [0, 0.05) is 25.8 Å². The first kappa shape index (κ1) is 52.3. The fourth-order valence-electron chi connectivity index (χ4n) is 7.96. The van der Waals surface area contributed by atoms with Crippen LogP contribution in [0.3, 0.4) is 0 Å². The second-order valence-electron chi connectivity index (χ2n) is 17.0. The van der Waals surface area contributed by atoms with Crippen molar-refractivity contribution in [3.63, 3.8) is 0 Å². The van der Waals surface area contributed by atoms with E-state index >= 15 is 0 Å². The Labute approximate surface area is 345 Å². The third-order valence-corrected chi connectivity index (χ3v) is 11.6. The summed E-state index contributed by atoms with van der Waals surface area (Å²) in [6.07, 6.45) is 37.8. The number of hydrogen-bond donors (Lipinski definition) is 1. The molecular weight excluding hydrogens is 703 g/mol. The Kier molecular flexibility index (Phi) is 36.3. The second kappa shape index (κ2) is 38.8. The zero-order chi connectivity index (χ0) is 40.7. The lowest BCUT2D eigenvalue weighted by Crippen LogP contribution is -2.38. The summed E-state index contributed by atoms with van der Waals surface area (Å²) in [5.41, 5.74) is 0. The van der Waals surface area contributed by atoms with E-state index in [0.29, 0.717) is 39.0 Å². The third kappa shape index (κ3) is 31.3. The van der Waals surface area contributed by atoms with Gasteiger partial charge in [-0.15, -0.1) is 0 Å². The fourth-order valence-corrected chi connectivity index (χ4v) is 7.96. The smallest absolute Gasteiger partial charge is 0.323 e. The van der Waals surface area contributed by atoms with Gasteiger partial charge >= 0.3 is 17.9 Å². The van der Waals surface area contributed by atoms with E-state index in [1.54, 1.807) is 0 Å². The molecule has 0 saturated carbocycles. The molecule has 1 fully saturated rings. The van der Waals surface area contributed by atoms with E-state index in [9.17, 15) is 19.5 Å². The van der Waals surface area contributed by atoms with Gasteiger partial charge in [-0.25, -0.2) is 0 Å². The van der Waals surface area contributed by atoms with Crippen LogP contribution in [0.4, 0.5) is 0 Å². The Morgan fingerprint density at radius 3 is 1.45 bits per heavy atom. The number of esters is 3. The Bertz CT molecular complexity index is 898. The molecule has 0 aromatic carbocycles. The first-order valence-electron chi connectivity index (χ1n) is 24.3. The molecule has 0 spiro atoms. The standard InChI is InChI=1S/C48H91NO7/c1-4-7-10-13-16-17-19-24-32-39-54-46(51)36-30-26-31-38-49-42-43(50)41-45(49)48(53)55-40-33-25-20-18-23-29-37-47(52)56-44(34-27-21-14-11-8-5-2)35-28-22-15-12-9-6-3/h43-45,50H,4-42H2,1-3H3/t43?,45-/m0/s1. The van der Waals surface area contributed by atoms with E-state index < -0.39 is 6.10 Å². The van der Waals surface area contributed by atoms with Crippen molar-refractivity contribution in [1.82, 2.24) is 4.90 Å². The fraction of sp³-hybridized carbons (Fsp3) is 0.938. The van der Waals surface area contributed by atoms with Gasteiger partial charge in [0.2, 0.25) is 0 Å². The molecule has 330 valence electrons. The molecule has 0 radical (unpaired) electrons. The van der Waals surface area contributed by atoms with Crippen LogP contribution in [-0.2, 0) is 28.6 Å². The summed E-state index contributed by atoms with van der Waals surface area (Å²) in [6, 6.07) is -0.387. The normalized spacial score (nSPS) is 15.8. The summed E-state index contributed by atoms with van der Waals surface area (Å²) >= 11 is 0. The number of hydrogen-bond acceptors (Lipinski definition) is 8. The highest BCUT2D eigenvalue weighted by molar-refractivity contribution is 5.76. The van der Waals surface area contributed by atoms with Gasteiger partial charge in [-0.2, -0.15) is 0 Å². The van der Waals surface area contributed by atoms with Crippen molar-refractivity contribution in [3.05, 3.63) is 0 Å². The van der Waals surface area contributed by atoms with Gasteiger partial charge in [0.1, 0.15) is 12.1 Å². The van der Waals surface area contributed by atoms with Crippen LogP contribution in [0.15, 0.2) is 0 Å². The second-order valence-corrected chi connectivity index (χ2v) is 17.0. The summed E-state index contributed by atoms with van der Waals surface area (Å²) in [6.45, 7) is 8.90. The lowest BCUT2D eigenvalue weighted by molar-refractivity contribution is -0.150. The largest absolute Gasteiger partial charge is 0.466 e. The topological polar surface area (TPSA) is 102 Å². The van der Waals surface area contributed by atoms with Gasteiger partial charge < -0.3 is 19.3 Å². The molecule has 8 heteroatoms. The maximum absolute atomic E-state index is 12.9. The quantitative estimate of drug-likeness (QED) is 0.0371. The minimum Gasteiger partial charge on any atom is -0.466 e. The lowest BCUT2D eigenvalue weighted by atomic mass is 10.0. The van der Waals surface area contributed by atoms with Crippen molar-refractivity contribution in [2.24, 2.45) is 0 Å². The zero-order valence-corrected chi connectivity index (χ0v) is 37.2. The number of aliphatic hydroxyl groups excluding tert-OH is 1. The molecule has 1 saturated heterocycles. The average molecular weight is 794 g/mol. The maximum Gasteiger partial charge on any atom is 0.323 e. The number of unbranched alkanes of at least 4 members (excludes halogenated alkanes) is 25. The van der Waals surface area contributed by atoms with Crippen LogP contribution in [0.2, 0.25) is 0 Å². The van der Waals surface area contributed by atoms with Crippen LogP contribution in [-0.4, -0.2) is 72.5 Å². The van der Waals surface area contributed by atoms with Gasteiger partial charge in [0.15, 0.2) is 0 Å². The summed E-state index contributed by atoms with van der Waals surface area (Å²) in [5, 5.41) is 10.3. The molecule has 0 aromatic heterocycles. The predicted octanol–water partition coefficient (Wildman–Crippen LogP) is 12.7. The average Bonchev–Trinajstić information content (AvgIpc) is 3.57. The number of nitrogens with zero attached hydrogens (tertiary/aromatic N) is 1. The van der Waals surface area contributed by atoms with Crippen molar-refractivity contribution in [3.8, 4) is 0 Å². The van der Waals surface area contributed by atoms with Gasteiger partial charge in [-0.3, -0.25) is 19.3 Å². The molecule has 1 aliphatic rings. The number of ether oxygens (including phenoxy) is 3. The maximum atomic E-state index is 12.9. The molecule has 2 atom stereocenters. The van der Waals surface area contributed by atoms with Crippen molar-refractivity contribution in [1.29, 1.82) is 0 Å². The first-order valence-corrected chi connectivity index (χ1v) is 24.3. The molecule has 0 aromatic rings. The van der Waals surface area contributed by atoms with Crippen LogP contribution < -0.4 is 0 Å². The number of aliphatic hydroxyl groups is 1. The Balaban J connectivity index is 2.11. The highest BCUT2D eigenvalue weighted by Gasteiger charge is 2.36. The van der Waals surface area contributed by atoms with Gasteiger partial charge in [-0.05, 0) is 64.3 Å². The summed E-state index contributed by atoms with van der Waals surface area (Å²) in [5.74, 6) is -0.361. The van der Waals surface area contributed by atoms with Crippen LogP contribution >= 0.6 is 0 Å². The zero-order valence-electron chi connectivity index (χ0n) is 37.2. The van der Waals surface area contributed by atoms with E-state index in [1.807, 2.05) is 4.90 Å². The van der Waals surface area contributed by atoms with E-state index in [4.69, 9.17) is 14.2 Å². The van der Waals surface area contributed by atoms with Crippen LogP contribution in [0.25, 0.3) is 0 Å². The molecule has 1 aliphatic heterocycles. The SMILES string of the molecule is CCCCCCCCCCCOC(=O)CCCCCN1CC(O)C[C@H]1C(=O)OCCCCCCCCC(=O)OC(CCCCCCCC)CCCCCCCC. The van der Waals surface area contributed by atoms with Crippen LogP contribution in [0, 0.1) is 0 Å². The van der Waals surface area contributed by atoms with E-state index in [1.165, 1.54) is 109 Å². The molecule has 0 bridgehead atoms. The van der Waals surface area contributed by atoms with Gasteiger partial charge in [-0.1, -0.05) is 168 Å². The lowest BCUT2D eigenvalue weighted by Gasteiger charge is -2.22. The first-order chi connectivity index (χ1) is 27.4. The van der Waals surface area contributed by atoms with Gasteiger partial charge in [0.05, 0.1) is 19.3 Å². The Hall–Kier alpha value is -1.67. The highest BCUT2D eigenvalue weighted by atomic mass is 16.5. The summed E-state index contributed by atoms with van der Waals surface area (Å²) in [4.78, 5) is 39.7. The Morgan fingerprint density at radius 2 is 0.929 bits per heavy atom. The van der Waals surface area contributed by atoms with Crippen molar-refractivity contribution < 1.29 is 33.7 Å². The molecule has 56 heavy (non-hydrogen) atoms. The number of β-amino-alcohol motifs (C(OH)–C–C–N with tert-alkyl or cyclic N) is 1. The van der Waals surface area contributed by atoms with E-state index in [2.05, 4.69) is 20.8 Å². The van der Waals surface area contributed by atoms with E-state index in [-0.39, 0.29) is 30.1 Å². The molecular formula is C48H91NO7. The van der Waals surface area contributed by atoms with Crippen molar-refractivity contribution in [2.75, 3.05) is 26.3 Å². The molecule has 8 nitrogen and oxygen atoms in total. The van der Waals surface area contributed by atoms with E-state index in [0.717, 1.165) is 103 Å². The minimum atomic E-state index is -0.507. The highest BCUT2D eigenvalue weighted by Crippen LogP contribution is 2.22.